The lowest BCUT2D eigenvalue weighted by atomic mass is 9.99. The van der Waals surface area contributed by atoms with Crippen LogP contribution in [0, 0.1) is 11.8 Å². The molecule has 2 aliphatic carbocycles. The summed E-state index contributed by atoms with van der Waals surface area (Å²) in [6.45, 7) is 4.52. The van der Waals surface area contributed by atoms with E-state index in [2.05, 4.69) is 0 Å². The van der Waals surface area contributed by atoms with Gasteiger partial charge in [0.2, 0.25) is 15.9 Å². The number of amides is 1. The number of rotatable bonds is 7. The molecule has 0 unspecified atom stereocenters. The third-order valence-corrected chi connectivity index (χ3v) is 7.56. The Bertz CT molecular complexity index is 797. The van der Waals surface area contributed by atoms with E-state index >= 15 is 0 Å². The zero-order valence-corrected chi connectivity index (χ0v) is 16.3. The highest BCUT2D eigenvalue weighted by Gasteiger charge is 2.35. The maximum Gasteiger partial charge on any atom is 0.243 e. The van der Waals surface area contributed by atoms with Crippen LogP contribution < -0.4 is 0 Å². The molecule has 1 aliphatic heterocycles. The molecular formula is C20H28N2O3S. The van der Waals surface area contributed by atoms with Crippen molar-refractivity contribution in [1.82, 2.24) is 9.21 Å². The summed E-state index contributed by atoms with van der Waals surface area (Å²) in [6.07, 6.45) is 5.92. The molecule has 142 valence electrons. The summed E-state index contributed by atoms with van der Waals surface area (Å²) in [5, 5.41) is 0. The Labute approximate surface area is 156 Å². The van der Waals surface area contributed by atoms with Crippen molar-refractivity contribution < 1.29 is 13.2 Å². The van der Waals surface area contributed by atoms with E-state index < -0.39 is 10.0 Å². The van der Waals surface area contributed by atoms with Crippen LogP contribution in [0.25, 0.3) is 0 Å². The fourth-order valence-electron chi connectivity index (χ4n) is 3.77. The van der Waals surface area contributed by atoms with Crippen LogP contribution in [0.5, 0.6) is 0 Å². The summed E-state index contributed by atoms with van der Waals surface area (Å²) >= 11 is 0. The summed E-state index contributed by atoms with van der Waals surface area (Å²) in [4.78, 5) is 14.7. The lowest BCUT2D eigenvalue weighted by Gasteiger charge is -2.30. The third-order valence-electron chi connectivity index (χ3n) is 5.70. The van der Waals surface area contributed by atoms with Gasteiger partial charge in [0.05, 0.1) is 4.90 Å². The van der Waals surface area contributed by atoms with Gasteiger partial charge >= 0.3 is 0 Å². The monoisotopic (exact) mass is 376 g/mol. The van der Waals surface area contributed by atoms with Crippen molar-refractivity contribution in [1.29, 1.82) is 0 Å². The maximum atomic E-state index is 13.2. The van der Waals surface area contributed by atoms with Crippen LogP contribution in [0.15, 0.2) is 23.1 Å². The first kappa shape index (κ1) is 18.0. The Morgan fingerprint density at radius 1 is 1.19 bits per heavy atom. The topological polar surface area (TPSA) is 57.7 Å². The van der Waals surface area contributed by atoms with Crippen LogP contribution in [0.2, 0.25) is 0 Å². The third kappa shape index (κ3) is 3.67. The molecule has 4 rings (SSSR count). The number of hydrogen-bond acceptors (Lipinski definition) is 3. The maximum absolute atomic E-state index is 13.2. The number of sulfonamides is 1. The van der Waals surface area contributed by atoms with E-state index in [0.717, 1.165) is 50.6 Å². The van der Waals surface area contributed by atoms with E-state index in [1.54, 1.807) is 10.4 Å². The van der Waals surface area contributed by atoms with Gasteiger partial charge in [-0.25, -0.2) is 8.42 Å². The van der Waals surface area contributed by atoms with Gasteiger partial charge in [0.1, 0.15) is 0 Å². The van der Waals surface area contributed by atoms with E-state index in [4.69, 9.17) is 0 Å². The van der Waals surface area contributed by atoms with Crippen LogP contribution in [0.1, 0.15) is 50.2 Å². The van der Waals surface area contributed by atoms with Crippen LogP contribution in [-0.2, 0) is 27.8 Å². The molecule has 26 heavy (non-hydrogen) atoms. The second kappa shape index (κ2) is 6.97. The fraction of sp³-hybridized carbons (Fsp3) is 0.650. The minimum Gasteiger partial charge on any atom is -0.338 e. The Kier molecular flexibility index (Phi) is 4.82. The number of hydrogen-bond donors (Lipinski definition) is 0. The van der Waals surface area contributed by atoms with Gasteiger partial charge in [0.15, 0.2) is 0 Å². The molecule has 1 heterocycles. The zero-order valence-electron chi connectivity index (χ0n) is 15.5. The van der Waals surface area contributed by atoms with E-state index in [9.17, 15) is 13.2 Å². The van der Waals surface area contributed by atoms with Gasteiger partial charge < -0.3 is 4.90 Å². The Morgan fingerprint density at radius 2 is 1.96 bits per heavy atom. The van der Waals surface area contributed by atoms with Gasteiger partial charge in [-0.3, -0.25) is 4.79 Å². The highest BCUT2D eigenvalue weighted by Crippen LogP contribution is 2.34. The molecule has 1 amide bonds. The number of fused-ring (bicyclic) bond motifs is 1. The molecule has 0 spiro atoms. The van der Waals surface area contributed by atoms with Crippen LogP contribution in [0.3, 0.4) is 0 Å². The second-order valence-corrected chi connectivity index (χ2v) is 9.96. The van der Waals surface area contributed by atoms with Crippen LogP contribution >= 0.6 is 0 Å². The average molecular weight is 377 g/mol. The van der Waals surface area contributed by atoms with Crippen molar-refractivity contribution in [2.45, 2.75) is 56.9 Å². The average Bonchev–Trinajstić information content (AvgIpc) is 3.53. The van der Waals surface area contributed by atoms with Gasteiger partial charge in [-0.15, -0.1) is 0 Å². The van der Waals surface area contributed by atoms with Crippen LogP contribution in [0.4, 0.5) is 0 Å². The lowest BCUT2D eigenvalue weighted by molar-refractivity contribution is -0.133. The number of carbonyl (C=O) groups excluding carboxylic acids is 1. The summed E-state index contributed by atoms with van der Waals surface area (Å²) in [5.41, 5.74) is 2.17. The molecule has 2 saturated carbocycles. The largest absolute Gasteiger partial charge is 0.338 e. The molecule has 0 bridgehead atoms. The first-order valence-electron chi connectivity index (χ1n) is 9.89. The van der Waals surface area contributed by atoms with Crippen molar-refractivity contribution in [3.63, 3.8) is 0 Å². The second-order valence-electron chi connectivity index (χ2n) is 8.02. The quantitative estimate of drug-likeness (QED) is 0.735. The lowest BCUT2D eigenvalue weighted by Crippen LogP contribution is -2.37. The van der Waals surface area contributed by atoms with E-state index in [1.165, 1.54) is 5.56 Å². The molecule has 2 fully saturated rings. The molecule has 6 heteroatoms. The number of benzene rings is 1. The smallest absolute Gasteiger partial charge is 0.243 e. The molecule has 0 N–H and O–H groups in total. The van der Waals surface area contributed by atoms with Gasteiger partial charge in [-0.2, -0.15) is 4.31 Å². The van der Waals surface area contributed by atoms with E-state index in [1.807, 2.05) is 24.0 Å². The fourth-order valence-corrected chi connectivity index (χ4v) is 5.43. The first-order chi connectivity index (χ1) is 12.5. The molecule has 0 saturated heterocycles. The number of nitrogens with zero attached hydrogens (tertiary/aromatic N) is 2. The predicted octanol–water partition coefficient (Wildman–Crippen LogP) is 2.79. The van der Waals surface area contributed by atoms with Gasteiger partial charge in [0, 0.05) is 32.1 Å². The highest BCUT2D eigenvalue weighted by molar-refractivity contribution is 7.89. The van der Waals surface area contributed by atoms with Crippen molar-refractivity contribution in [2.75, 3.05) is 19.6 Å². The van der Waals surface area contributed by atoms with E-state index in [0.29, 0.717) is 30.4 Å². The molecular weight excluding hydrogens is 348 g/mol. The predicted molar refractivity (Wildman–Crippen MR) is 100 cm³/mol. The van der Waals surface area contributed by atoms with Crippen molar-refractivity contribution in [3.05, 3.63) is 29.3 Å². The zero-order chi connectivity index (χ0) is 18.3. The minimum atomic E-state index is -3.46. The van der Waals surface area contributed by atoms with Gasteiger partial charge in [-0.1, -0.05) is 13.0 Å². The summed E-state index contributed by atoms with van der Waals surface area (Å²) in [5.74, 6) is 0.980. The highest BCUT2D eigenvalue weighted by atomic mass is 32.2. The Morgan fingerprint density at radius 3 is 2.62 bits per heavy atom. The standard InChI is InChI=1S/C20H28N2O3S/c1-2-10-22(13-15-3-4-15)26(24,25)19-8-7-16-9-11-21(14-18(16)12-19)20(23)17-5-6-17/h7-8,12,15,17H,2-6,9-11,13-14H2,1H3. The normalized spacial score (nSPS) is 20.3. The van der Waals surface area contributed by atoms with Gasteiger partial charge in [-0.05, 0) is 67.7 Å². The SMILES string of the molecule is CCCN(CC1CC1)S(=O)(=O)c1ccc2c(c1)CN(C(=O)C1CC1)CC2. The number of carbonyl (C=O) groups is 1. The Balaban J connectivity index is 1.57. The molecule has 5 nitrogen and oxygen atoms in total. The van der Waals surface area contributed by atoms with Crippen molar-refractivity contribution >= 4 is 15.9 Å². The summed E-state index contributed by atoms with van der Waals surface area (Å²) in [7, 11) is -3.46. The molecule has 0 aromatic heterocycles. The van der Waals surface area contributed by atoms with Crippen molar-refractivity contribution in [2.24, 2.45) is 11.8 Å². The molecule has 1 aromatic carbocycles. The van der Waals surface area contributed by atoms with Gasteiger partial charge in [0.25, 0.3) is 0 Å². The van der Waals surface area contributed by atoms with Crippen molar-refractivity contribution in [3.8, 4) is 0 Å². The molecule has 0 atom stereocenters. The van der Waals surface area contributed by atoms with Crippen LogP contribution in [-0.4, -0.2) is 43.2 Å². The molecule has 1 aromatic rings. The molecule has 3 aliphatic rings. The van der Waals surface area contributed by atoms with E-state index in [-0.39, 0.29) is 11.8 Å². The summed E-state index contributed by atoms with van der Waals surface area (Å²) in [6, 6.07) is 5.51. The first-order valence-corrected chi connectivity index (χ1v) is 11.3. The molecule has 0 radical (unpaired) electrons. The minimum absolute atomic E-state index is 0.210. The summed E-state index contributed by atoms with van der Waals surface area (Å²) < 4.78 is 28.0. The Hall–Kier alpha value is -1.40.